The lowest BCUT2D eigenvalue weighted by molar-refractivity contribution is -0.117. The summed E-state index contributed by atoms with van der Waals surface area (Å²) >= 11 is 0. The molecule has 6 heteroatoms. The molecule has 0 aliphatic carbocycles. The number of rotatable bonds is 8. The molecule has 6 nitrogen and oxygen atoms in total. The largest absolute Gasteiger partial charge is 0.493 e. The Kier molecular flexibility index (Phi) is 6.54. The molecule has 1 N–H and O–H groups in total. The summed E-state index contributed by atoms with van der Waals surface area (Å²) in [7, 11) is 0. The molecule has 1 aliphatic heterocycles. The van der Waals surface area contributed by atoms with E-state index in [0.717, 1.165) is 24.2 Å². The maximum Gasteiger partial charge on any atom is 0.282 e. The molecular weight excluding hydrogens is 368 g/mol. The number of amides is 2. The Balaban J connectivity index is 1.96. The number of carbonyl (C=O) groups excluding carboxylic acids is 2. The Bertz CT molecular complexity index is 922. The first kappa shape index (κ1) is 20.5. The number of benzene rings is 2. The zero-order chi connectivity index (χ0) is 20.8. The monoisotopic (exact) mass is 394 g/mol. The van der Waals surface area contributed by atoms with Gasteiger partial charge in [0.15, 0.2) is 0 Å². The molecular formula is C23H26N2O4. The van der Waals surface area contributed by atoms with Gasteiger partial charge in [0.05, 0.1) is 18.9 Å². The predicted molar refractivity (Wildman–Crippen MR) is 113 cm³/mol. The normalized spacial score (nSPS) is 15.0. The van der Waals surface area contributed by atoms with E-state index in [1.807, 2.05) is 51.1 Å². The van der Waals surface area contributed by atoms with E-state index >= 15 is 0 Å². The Morgan fingerprint density at radius 2 is 1.66 bits per heavy atom. The van der Waals surface area contributed by atoms with E-state index < -0.39 is 11.8 Å². The van der Waals surface area contributed by atoms with Gasteiger partial charge in [-0.2, -0.15) is 0 Å². The summed E-state index contributed by atoms with van der Waals surface area (Å²) in [6.45, 7) is 7.14. The van der Waals surface area contributed by atoms with Crippen LogP contribution in [0.5, 0.6) is 11.5 Å². The number of ether oxygens (including phenoxy) is 2. The number of nitrogens with zero attached hydrogens (tertiary/aromatic N) is 1. The van der Waals surface area contributed by atoms with E-state index in [1.54, 1.807) is 18.2 Å². The molecule has 1 saturated heterocycles. The van der Waals surface area contributed by atoms with Crippen molar-refractivity contribution >= 4 is 23.6 Å². The summed E-state index contributed by atoms with van der Waals surface area (Å²) < 4.78 is 11.7. The van der Waals surface area contributed by atoms with Crippen molar-refractivity contribution in [1.29, 1.82) is 0 Å². The first-order valence-electron chi connectivity index (χ1n) is 9.88. The van der Waals surface area contributed by atoms with Crippen molar-refractivity contribution in [3.8, 4) is 11.5 Å². The maximum atomic E-state index is 12.8. The summed E-state index contributed by atoms with van der Waals surface area (Å²) in [6, 6.07) is 12.7. The van der Waals surface area contributed by atoms with Gasteiger partial charge in [-0.3, -0.25) is 15.0 Å². The fraction of sp³-hybridized carbons (Fsp3) is 0.304. The average Bonchev–Trinajstić information content (AvgIpc) is 3.01. The van der Waals surface area contributed by atoms with Crippen LogP contribution >= 0.6 is 0 Å². The molecule has 0 saturated carbocycles. The summed E-state index contributed by atoms with van der Waals surface area (Å²) in [5.74, 6) is 0.538. The second kappa shape index (κ2) is 9.28. The van der Waals surface area contributed by atoms with Crippen molar-refractivity contribution in [3.05, 3.63) is 59.2 Å². The molecule has 0 bridgehead atoms. The van der Waals surface area contributed by atoms with Crippen molar-refractivity contribution < 1.29 is 19.1 Å². The third-order valence-corrected chi connectivity index (χ3v) is 4.50. The van der Waals surface area contributed by atoms with E-state index in [0.29, 0.717) is 30.2 Å². The van der Waals surface area contributed by atoms with Crippen LogP contribution in [-0.4, -0.2) is 25.0 Å². The molecule has 29 heavy (non-hydrogen) atoms. The lowest BCUT2D eigenvalue weighted by atomic mass is 10.0. The van der Waals surface area contributed by atoms with Gasteiger partial charge in [0, 0.05) is 11.1 Å². The Hall–Kier alpha value is -3.28. The van der Waals surface area contributed by atoms with Crippen LogP contribution in [0.3, 0.4) is 0 Å². The summed E-state index contributed by atoms with van der Waals surface area (Å²) in [4.78, 5) is 25.3. The first-order valence-corrected chi connectivity index (χ1v) is 9.88. The SMILES string of the molecule is CCCOc1ccc(/C=C2/C(=O)NN(c3ccccc3)C2=O)c(OCCC)c1C. The van der Waals surface area contributed by atoms with Crippen LogP contribution in [0.25, 0.3) is 6.08 Å². The Morgan fingerprint density at radius 1 is 0.966 bits per heavy atom. The molecule has 2 aromatic carbocycles. The number of anilines is 1. The predicted octanol–water partition coefficient (Wildman–Crippen LogP) is 4.03. The van der Waals surface area contributed by atoms with Crippen LogP contribution in [-0.2, 0) is 9.59 Å². The second-order valence-corrected chi connectivity index (χ2v) is 6.78. The molecule has 0 spiro atoms. The molecule has 152 valence electrons. The molecule has 1 heterocycles. The summed E-state index contributed by atoms with van der Waals surface area (Å²) in [6.07, 6.45) is 3.33. The van der Waals surface area contributed by atoms with Crippen LogP contribution in [0.4, 0.5) is 5.69 Å². The van der Waals surface area contributed by atoms with E-state index in [4.69, 9.17) is 9.47 Å². The highest BCUT2D eigenvalue weighted by atomic mass is 16.5. The lowest BCUT2D eigenvalue weighted by Crippen LogP contribution is -2.35. The van der Waals surface area contributed by atoms with Crippen molar-refractivity contribution in [2.24, 2.45) is 0 Å². The standard InChI is InChI=1S/C23H26N2O4/c1-4-13-28-20-12-11-17(21(16(20)3)29-14-5-2)15-19-22(26)24-25(23(19)27)18-9-7-6-8-10-18/h6-12,15H,4-5,13-14H2,1-3H3,(H,24,26)/b19-15-. The fourth-order valence-electron chi connectivity index (χ4n) is 3.04. The van der Waals surface area contributed by atoms with Crippen molar-refractivity contribution in [2.75, 3.05) is 18.2 Å². The number of nitrogens with one attached hydrogen (secondary N) is 1. The van der Waals surface area contributed by atoms with E-state index in [2.05, 4.69) is 5.43 Å². The van der Waals surface area contributed by atoms with Crippen LogP contribution in [0, 0.1) is 6.92 Å². The van der Waals surface area contributed by atoms with E-state index in [1.165, 1.54) is 5.01 Å². The number of hydrogen-bond acceptors (Lipinski definition) is 4. The quantitative estimate of drug-likeness (QED) is 0.542. The average molecular weight is 394 g/mol. The number of hydrogen-bond donors (Lipinski definition) is 1. The zero-order valence-corrected chi connectivity index (χ0v) is 17.0. The highest BCUT2D eigenvalue weighted by molar-refractivity contribution is 6.31. The minimum Gasteiger partial charge on any atom is -0.493 e. The van der Waals surface area contributed by atoms with Gasteiger partial charge in [-0.05, 0) is 50.1 Å². The minimum absolute atomic E-state index is 0.0665. The van der Waals surface area contributed by atoms with Crippen LogP contribution < -0.4 is 19.9 Å². The van der Waals surface area contributed by atoms with Gasteiger partial charge >= 0.3 is 0 Å². The zero-order valence-electron chi connectivity index (χ0n) is 17.0. The van der Waals surface area contributed by atoms with Crippen LogP contribution in [0.15, 0.2) is 48.0 Å². The summed E-state index contributed by atoms with van der Waals surface area (Å²) in [5.41, 5.74) is 4.82. The second-order valence-electron chi connectivity index (χ2n) is 6.78. The van der Waals surface area contributed by atoms with Gasteiger partial charge < -0.3 is 9.47 Å². The topological polar surface area (TPSA) is 67.9 Å². The van der Waals surface area contributed by atoms with Crippen molar-refractivity contribution in [1.82, 2.24) is 5.43 Å². The molecule has 1 aliphatic rings. The lowest BCUT2D eigenvalue weighted by Gasteiger charge is -2.16. The van der Waals surface area contributed by atoms with Gasteiger partial charge in [0.2, 0.25) is 0 Å². The molecule has 2 aromatic rings. The molecule has 3 rings (SSSR count). The highest BCUT2D eigenvalue weighted by Gasteiger charge is 2.34. The number of carbonyl (C=O) groups is 2. The molecule has 0 unspecified atom stereocenters. The van der Waals surface area contributed by atoms with Crippen LogP contribution in [0.2, 0.25) is 0 Å². The molecule has 0 atom stereocenters. The smallest absolute Gasteiger partial charge is 0.282 e. The molecule has 1 fully saturated rings. The van der Waals surface area contributed by atoms with E-state index in [9.17, 15) is 9.59 Å². The van der Waals surface area contributed by atoms with Gasteiger partial charge in [-0.1, -0.05) is 32.0 Å². The molecule has 0 aromatic heterocycles. The van der Waals surface area contributed by atoms with E-state index in [-0.39, 0.29) is 5.57 Å². The van der Waals surface area contributed by atoms with Gasteiger partial charge in [-0.25, -0.2) is 5.01 Å². The van der Waals surface area contributed by atoms with Crippen LogP contribution in [0.1, 0.15) is 37.8 Å². The number of hydrazine groups is 1. The highest BCUT2D eigenvalue weighted by Crippen LogP contribution is 2.34. The number of para-hydroxylation sites is 1. The molecule has 2 amide bonds. The van der Waals surface area contributed by atoms with Gasteiger partial charge in [0.1, 0.15) is 17.1 Å². The first-order chi connectivity index (χ1) is 14.1. The summed E-state index contributed by atoms with van der Waals surface area (Å²) in [5, 5.41) is 1.26. The Labute approximate surface area is 171 Å². The third kappa shape index (κ3) is 4.42. The molecule has 0 radical (unpaired) electrons. The van der Waals surface area contributed by atoms with Gasteiger partial charge in [-0.15, -0.1) is 0 Å². The third-order valence-electron chi connectivity index (χ3n) is 4.50. The Morgan fingerprint density at radius 3 is 2.34 bits per heavy atom. The maximum absolute atomic E-state index is 12.8. The minimum atomic E-state index is -0.441. The van der Waals surface area contributed by atoms with Crippen molar-refractivity contribution in [2.45, 2.75) is 33.6 Å². The van der Waals surface area contributed by atoms with Crippen molar-refractivity contribution in [3.63, 3.8) is 0 Å². The van der Waals surface area contributed by atoms with Gasteiger partial charge in [0.25, 0.3) is 11.8 Å². The fourth-order valence-corrected chi connectivity index (χ4v) is 3.04.